The molecule has 2 N–H and O–H groups in total. The molecule has 1 heterocycles. The molecule has 0 radical (unpaired) electrons. The number of furan rings is 1. The SMILES string of the molecule is COc1ccc(SCc2ccco2)c(N)c1. The van der Waals surface area contributed by atoms with Crippen LogP contribution in [0, 0.1) is 0 Å². The number of nitrogen functional groups attached to an aromatic ring is 1. The third-order valence-electron chi connectivity index (χ3n) is 2.17. The Kier molecular flexibility index (Phi) is 3.41. The van der Waals surface area contributed by atoms with Gasteiger partial charge >= 0.3 is 0 Å². The molecule has 0 aliphatic carbocycles. The van der Waals surface area contributed by atoms with E-state index in [1.54, 1.807) is 25.1 Å². The zero-order valence-electron chi connectivity index (χ0n) is 8.97. The van der Waals surface area contributed by atoms with Crippen molar-refractivity contribution in [1.29, 1.82) is 0 Å². The number of benzene rings is 1. The monoisotopic (exact) mass is 235 g/mol. The van der Waals surface area contributed by atoms with Crippen LogP contribution in [0.1, 0.15) is 5.76 Å². The van der Waals surface area contributed by atoms with Gasteiger partial charge in [0, 0.05) is 16.6 Å². The molecule has 0 saturated heterocycles. The Morgan fingerprint density at radius 1 is 1.38 bits per heavy atom. The van der Waals surface area contributed by atoms with Crippen LogP contribution in [0.4, 0.5) is 5.69 Å². The molecule has 0 spiro atoms. The Morgan fingerprint density at radius 2 is 2.25 bits per heavy atom. The van der Waals surface area contributed by atoms with E-state index in [1.165, 1.54) is 0 Å². The van der Waals surface area contributed by atoms with E-state index < -0.39 is 0 Å². The molecule has 2 rings (SSSR count). The fourth-order valence-electron chi connectivity index (χ4n) is 1.33. The zero-order chi connectivity index (χ0) is 11.4. The van der Waals surface area contributed by atoms with Crippen molar-refractivity contribution in [3.63, 3.8) is 0 Å². The summed E-state index contributed by atoms with van der Waals surface area (Å²) in [5.74, 6) is 2.50. The largest absolute Gasteiger partial charge is 0.497 e. The molecule has 2 aromatic rings. The summed E-state index contributed by atoms with van der Waals surface area (Å²) >= 11 is 1.65. The molecule has 0 aliphatic rings. The molecule has 3 nitrogen and oxygen atoms in total. The van der Waals surface area contributed by atoms with E-state index in [4.69, 9.17) is 14.9 Å². The van der Waals surface area contributed by atoms with Crippen molar-refractivity contribution in [2.45, 2.75) is 10.6 Å². The molecule has 0 amide bonds. The summed E-state index contributed by atoms with van der Waals surface area (Å²) in [6.07, 6.45) is 1.67. The van der Waals surface area contributed by atoms with E-state index >= 15 is 0 Å². The van der Waals surface area contributed by atoms with E-state index in [1.807, 2.05) is 30.3 Å². The number of ether oxygens (including phenoxy) is 1. The molecule has 84 valence electrons. The van der Waals surface area contributed by atoms with Gasteiger partial charge in [-0.1, -0.05) is 0 Å². The quantitative estimate of drug-likeness (QED) is 0.653. The van der Waals surface area contributed by atoms with E-state index in [2.05, 4.69) is 0 Å². The molecule has 0 atom stereocenters. The second-order valence-corrected chi connectivity index (χ2v) is 4.29. The first kappa shape index (κ1) is 11.0. The van der Waals surface area contributed by atoms with Gasteiger partial charge in [0.25, 0.3) is 0 Å². The molecular weight excluding hydrogens is 222 g/mol. The highest BCUT2D eigenvalue weighted by molar-refractivity contribution is 7.98. The lowest BCUT2D eigenvalue weighted by Gasteiger charge is -2.06. The summed E-state index contributed by atoms with van der Waals surface area (Å²) in [6, 6.07) is 9.52. The minimum Gasteiger partial charge on any atom is -0.497 e. The molecule has 4 heteroatoms. The molecule has 16 heavy (non-hydrogen) atoms. The fraction of sp³-hybridized carbons (Fsp3) is 0.167. The number of rotatable bonds is 4. The lowest BCUT2D eigenvalue weighted by atomic mass is 10.3. The highest BCUT2D eigenvalue weighted by Crippen LogP contribution is 2.30. The van der Waals surface area contributed by atoms with Gasteiger partial charge in [0.05, 0.1) is 19.1 Å². The minimum absolute atomic E-state index is 0.732. The van der Waals surface area contributed by atoms with Crippen LogP contribution in [-0.4, -0.2) is 7.11 Å². The van der Waals surface area contributed by atoms with Crippen LogP contribution in [0.25, 0.3) is 0 Å². The predicted molar refractivity (Wildman–Crippen MR) is 65.7 cm³/mol. The van der Waals surface area contributed by atoms with Crippen molar-refractivity contribution in [2.75, 3.05) is 12.8 Å². The lowest BCUT2D eigenvalue weighted by molar-refractivity contribution is 0.415. The highest BCUT2D eigenvalue weighted by atomic mass is 32.2. The summed E-state index contributed by atoms with van der Waals surface area (Å²) in [5.41, 5.74) is 6.64. The maximum Gasteiger partial charge on any atom is 0.120 e. The minimum atomic E-state index is 0.732. The van der Waals surface area contributed by atoms with Crippen LogP contribution in [0.15, 0.2) is 45.9 Å². The number of methoxy groups -OCH3 is 1. The number of thioether (sulfide) groups is 1. The smallest absolute Gasteiger partial charge is 0.120 e. The maximum atomic E-state index is 5.90. The van der Waals surface area contributed by atoms with Crippen molar-refractivity contribution in [3.05, 3.63) is 42.4 Å². The van der Waals surface area contributed by atoms with Crippen LogP contribution in [0.3, 0.4) is 0 Å². The third-order valence-corrected chi connectivity index (χ3v) is 3.28. The van der Waals surface area contributed by atoms with Gasteiger partial charge in [-0.15, -0.1) is 11.8 Å². The Bertz CT molecular complexity index is 454. The van der Waals surface area contributed by atoms with Gasteiger partial charge in [-0.25, -0.2) is 0 Å². The van der Waals surface area contributed by atoms with Gasteiger partial charge in [0.2, 0.25) is 0 Å². The van der Waals surface area contributed by atoms with E-state index in [0.717, 1.165) is 27.8 Å². The highest BCUT2D eigenvalue weighted by Gasteiger charge is 2.03. The number of nitrogens with two attached hydrogens (primary N) is 1. The predicted octanol–water partition coefficient (Wildman–Crippen LogP) is 3.16. The van der Waals surface area contributed by atoms with Gasteiger partial charge in [-0.3, -0.25) is 0 Å². The Morgan fingerprint density at radius 3 is 2.88 bits per heavy atom. The van der Waals surface area contributed by atoms with Crippen molar-refractivity contribution < 1.29 is 9.15 Å². The molecule has 1 aromatic carbocycles. The summed E-state index contributed by atoms with van der Waals surface area (Å²) < 4.78 is 10.3. The third kappa shape index (κ3) is 2.52. The van der Waals surface area contributed by atoms with Crippen molar-refractivity contribution in [1.82, 2.24) is 0 Å². The van der Waals surface area contributed by atoms with Gasteiger partial charge in [-0.05, 0) is 24.3 Å². The molecule has 1 aromatic heterocycles. The first-order valence-corrected chi connectivity index (χ1v) is 5.87. The summed E-state index contributed by atoms with van der Waals surface area (Å²) in [4.78, 5) is 1.04. The Hall–Kier alpha value is -1.55. The molecule has 0 aliphatic heterocycles. The number of hydrogen-bond donors (Lipinski definition) is 1. The normalized spacial score (nSPS) is 10.3. The van der Waals surface area contributed by atoms with Crippen molar-refractivity contribution >= 4 is 17.4 Å². The zero-order valence-corrected chi connectivity index (χ0v) is 9.79. The topological polar surface area (TPSA) is 48.4 Å². The van der Waals surface area contributed by atoms with Gasteiger partial charge < -0.3 is 14.9 Å². The second-order valence-electron chi connectivity index (χ2n) is 3.27. The first-order valence-electron chi connectivity index (χ1n) is 4.88. The van der Waals surface area contributed by atoms with Crippen LogP contribution in [0.2, 0.25) is 0 Å². The van der Waals surface area contributed by atoms with Gasteiger partial charge in [-0.2, -0.15) is 0 Å². The Labute approximate surface area is 98.6 Å². The van der Waals surface area contributed by atoms with E-state index in [9.17, 15) is 0 Å². The molecule has 0 fully saturated rings. The van der Waals surface area contributed by atoms with Gasteiger partial charge in [0.1, 0.15) is 11.5 Å². The van der Waals surface area contributed by atoms with E-state index in [0.29, 0.717) is 0 Å². The molecule has 0 saturated carbocycles. The fourth-order valence-corrected chi connectivity index (χ4v) is 2.18. The maximum absolute atomic E-state index is 5.90. The first-order chi connectivity index (χ1) is 7.79. The Balaban J connectivity index is 2.04. The summed E-state index contributed by atoms with van der Waals surface area (Å²) in [5, 5.41) is 0. The average molecular weight is 235 g/mol. The van der Waals surface area contributed by atoms with Crippen LogP contribution in [-0.2, 0) is 5.75 Å². The molecule has 0 unspecified atom stereocenters. The summed E-state index contributed by atoms with van der Waals surface area (Å²) in [6.45, 7) is 0. The van der Waals surface area contributed by atoms with Crippen molar-refractivity contribution in [3.8, 4) is 5.75 Å². The van der Waals surface area contributed by atoms with Crippen LogP contribution < -0.4 is 10.5 Å². The summed E-state index contributed by atoms with van der Waals surface area (Å²) in [7, 11) is 1.63. The standard InChI is InChI=1S/C12H13NO2S/c1-14-9-4-5-12(11(13)7-9)16-8-10-3-2-6-15-10/h2-7H,8,13H2,1H3. The van der Waals surface area contributed by atoms with E-state index in [-0.39, 0.29) is 0 Å². The van der Waals surface area contributed by atoms with Gasteiger partial charge in [0.15, 0.2) is 0 Å². The number of hydrogen-bond acceptors (Lipinski definition) is 4. The molecular formula is C12H13NO2S. The second kappa shape index (κ2) is 4.99. The van der Waals surface area contributed by atoms with Crippen LogP contribution in [0.5, 0.6) is 5.75 Å². The van der Waals surface area contributed by atoms with Crippen molar-refractivity contribution in [2.24, 2.45) is 0 Å². The lowest BCUT2D eigenvalue weighted by Crippen LogP contribution is -1.91. The number of anilines is 1. The average Bonchev–Trinajstić information content (AvgIpc) is 2.80. The van der Waals surface area contributed by atoms with Crippen LogP contribution >= 0.6 is 11.8 Å². The molecule has 0 bridgehead atoms.